The predicted molar refractivity (Wildman–Crippen MR) is 30.8 cm³/mol. The van der Waals surface area contributed by atoms with E-state index in [0.29, 0.717) is 0 Å². The molecule has 0 saturated carbocycles. The van der Waals surface area contributed by atoms with E-state index in [0.717, 1.165) is 0 Å². The van der Waals surface area contributed by atoms with Crippen LogP contribution in [0.1, 0.15) is 13.3 Å². The van der Waals surface area contributed by atoms with E-state index in [-0.39, 0.29) is 6.42 Å². The van der Waals surface area contributed by atoms with Crippen molar-refractivity contribution in [1.29, 1.82) is 0 Å². The minimum Gasteiger partial charge on any atom is -0.480 e. The summed E-state index contributed by atoms with van der Waals surface area (Å²) in [5, 5.41) is 8.12. The smallest absolute Gasteiger partial charge is 0.323 e. The van der Waals surface area contributed by atoms with Crippen molar-refractivity contribution in [3.8, 4) is 0 Å². The Hall–Kier alpha value is -0.640. The van der Waals surface area contributed by atoms with Crippen LogP contribution in [-0.4, -0.2) is 23.3 Å². The van der Waals surface area contributed by atoms with Crippen molar-refractivity contribution < 1.29 is 14.3 Å². The molecule has 0 spiro atoms. The van der Waals surface area contributed by atoms with Gasteiger partial charge in [0.15, 0.2) is 0 Å². The van der Waals surface area contributed by atoms with E-state index in [1.807, 2.05) is 0 Å². The number of hydrogen-bond acceptors (Lipinski definition) is 2. The van der Waals surface area contributed by atoms with E-state index < -0.39 is 18.2 Å². The summed E-state index contributed by atoms with van der Waals surface area (Å²) in [6.45, 7) is 1.55. The second-order valence-corrected chi connectivity index (χ2v) is 1.79. The maximum Gasteiger partial charge on any atom is 0.323 e. The summed E-state index contributed by atoms with van der Waals surface area (Å²) in [6.07, 6.45) is -1.28. The lowest BCUT2D eigenvalue weighted by Gasteiger charge is -2.08. The Morgan fingerprint density at radius 1 is 1.89 bits per heavy atom. The van der Waals surface area contributed by atoms with Crippen molar-refractivity contribution in [3.05, 3.63) is 0 Å². The molecule has 0 aliphatic heterocycles. The first-order valence-corrected chi connectivity index (χ1v) is 2.72. The number of carbonyl (C=O) groups is 1. The lowest BCUT2D eigenvalue weighted by atomic mass is 10.1. The van der Waals surface area contributed by atoms with Gasteiger partial charge in [-0.3, -0.25) is 4.79 Å². The van der Waals surface area contributed by atoms with E-state index in [9.17, 15) is 9.18 Å². The van der Waals surface area contributed by atoms with Crippen LogP contribution in [0.5, 0.6) is 0 Å². The van der Waals surface area contributed by atoms with Crippen LogP contribution in [-0.2, 0) is 4.79 Å². The van der Waals surface area contributed by atoms with Gasteiger partial charge in [-0.1, -0.05) is 6.92 Å². The van der Waals surface area contributed by atoms with E-state index in [2.05, 4.69) is 0 Å². The first kappa shape index (κ1) is 8.36. The van der Waals surface area contributed by atoms with E-state index in [1.165, 1.54) is 0 Å². The Bertz CT molecular complexity index is 107. The minimum absolute atomic E-state index is 0.146. The summed E-state index contributed by atoms with van der Waals surface area (Å²) in [6, 6.07) is -1.37. The Morgan fingerprint density at radius 2 is 2.33 bits per heavy atom. The van der Waals surface area contributed by atoms with Crippen LogP contribution in [0.2, 0.25) is 0 Å². The molecule has 0 heterocycles. The standard InChI is InChI=1S/C5H10FNO2/c1-2-3(6)4(7)5(8)9/h3-4H,2,7H2,1H3,(H,8,9)/t3-,4+/m1/s1. The molecule has 3 nitrogen and oxygen atoms in total. The number of hydrogen-bond donors (Lipinski definition) is 2. The van der Waals surface area contributed by atoms with Crippen LogP contribution in [0.15, 0.2) is 0 Å². The molecule has 0 saturated heterocycles. The molecule has 0 aromatic carbocycles. The Kier molecular flexibility index (Phi) is 3.16. The first-order chi connectivity index (χ1) is 4.09. The molecule has 9 heavy (non-hydrogen) atoms. The zero-order chi connectivity index (χ0) is 7.44. The highest BCUT2D eigenvalue weighted by Gasteiger charge is 2.21. The van der Waals surface area contributed by atoms with Gasteiger partial charge in [0, 0.05) is 0 Å². The highest BCUT2D eigenvalue weighted by atomic mass is 19.1. The summed E-state index contributed by atoms with van der Waals surface area (Å²) in [4.78, 5) is 9.93. The zero-order valence-electron chi connectivity index (χ0n) is 5.17. The molecule has 0 radical (unpaired) electrons. The second kappa shape index (κ2) is 3.40. The third-order valence-electron chi connectivity index (χ3n) is 1.06. The molecule has 0 aromatic heterocycles. The lowest BCUT2D eigenvalue weighted by Crippen LogP contribution is -2.38. The third kappa shape index (κ3) is 2.41. The van der Waals surface area contributed by atoms with Crippen LogP contribution in [0.4, 0.5) is 4.39 Å². The molecule has 2 atom stereocenters. The van der Waals surface area contributed by atoms with Crippen molar-refractivity contribution in [2.75, 3.05) is 0 Å². The summed E-state index contributed by atoms with van der Waals surface area (Å²) in [5.41, 5.74) is 4.90. The zero-order valence-corrected chi connectivity index (χ0v) is 5.17. The minimum atomic E-state index is -1.43. The van der Waals surface area contributed by atoms with Crippen LogP contribution < -0.4 is 5.73 Å². The molecule has 0 bridgehead atoms. The van der Waals surface area contributed by atoms with E-state index in [4.69, 9.17) is 10.8 Å². The average Bonchev–Trinajstić information content (AvgIpc) is 1.84. The molecule has 0 aliphatic rings. The molecule has 3 N–H and O–H groups in total. The Balaban J connectivity index is 3.72. The van der Waals surface area contributed by atoms with Gasteiger partial charge in [-0.2, -0.15) is 0 Å². The first-order valence-electron chi connectivity index (χ1n) is 2.72. The molecule has 4 heteroatoms. The lowest BCUT2D eigenvalue weighted by molar-refractivity contribution is -0.140. The summed E-state index contributed by atoms with van der Waals surface area (Å²) >= 11 is 0. The average molecular weight is 135 g/mol. The molecule has 54 valence electrons. The number of rotatable bonds is 3. The van der Waals surface area contributed by atoms with E-state index in [1.54, 1.807) is 6.92 Å². The number of carboxylic acids is 1. The molecule has 0 fully saturated rings. The molecular formula is C5H10FNO2. The Labute approximate surface area is 52.7 Å². The van der Waals surface area contributed by atoms with Gasteiger partial charge in [0.25, 0.3) is 0 Å². The van der Waals surface area contributed by atoms with Gasteiger partial charge in [-0.25, -0.2) is 4.39 Å². The van der Waals surface area contributed by atoms with Crippen LogP contribution in [0.25, 0.3) is 0 Å². The Morgan fingerprint density at radius 3 is 2.44 bits per heavy atom. The maximum atomic E-state index is 12.3. The van der Waals surface area contributed by atoms with Gasteiger partial charge in [0.2, 0.25) is 0 Å². The van der Waals surface area contributed by atoms with Crippen LogP contribution >= 0.6 is 0 Å². The van der Waals surface area contributed by atoms with Crippen molar-refractivity contribution in [2.24, 2.45) is 5.73 Å². The van der Waals surface area contributed by atoms with Gasteiger partial charge in [-0.15, -0.1) is 0 Å². The molecule has 0 aliphatic carbocycles. The predicted octanol–water partition coefficient (Wildman–Crippen LogP) is 0.146. The third-order valence-corrected chi connectivity index (χ3v) is 1.06. The van der Waals surface area contributed by atoms with Gasteiger partial charge in [-0.05, 0) is 6.42 Å². The fourth-order valence-corrected chi connectivity index (χ4v) is 0.409. The number of aliphatic carboxylic acids is 1. The van der Waals surface area contributed by atoms with Crippen LogP contribution in [0, 0.1) is 0 Å². The topological polar surface area (TPSA) is 63.3 Å². The van der Waals surface area contributed by atoms with Gasteiger partial charge < -0.3 is 10.8 Å². The number of alkyl halides is 1. The molecule has 0 aromatic rings. The van der Waals surface area contributed by atoms with Crippen molar-refractivity contribution in [1.82, 2.24) is 0 Å². The second-order valence-electron chi connectivity index (χ2n) is 1.79. The summed E-state index contributed by atoms with van der Waals surface area (Å²) in [7, 11) is 0. The largest absolute Gasteiger partial charge is 0.480 e. The monoisotopic (exact) mass is 135 g/mol. The summed E-state index contributed by atoms with van der Waals surface area (Å²) in [5.74, 6) is -1.29. The SMILES string of the molecule is CC[C@@H](F)[C@H](N)C(=O)O. The fourth-order valence-electron chi connectivity index (χ4n) is 0.409. The normalized spacial score (nSPS) is 16.8. The van der Waals surface area contributed by atoms with Crippen molar-refractivity contribution in [3.63, 3.8) is 0 Å². The van der Waals surface area contributed by atoms with Crippen molar-refractivity contribution >= 4 is 5.97 Å². The molecule has 0 unspecified atom stereocenters. The molecule has 0 rings (SSSR count). The number of nitrogens with two attached hydrogens (primary N) is 1. The molecule has 0 amide bonds. The highest BCUT2D eigenvalue weighted by Crippen LogP contribution is 2.00. The van der Waals surface area contributed by atoms with Crippen LogP contribution in [0.3, 0.4) is 0 Å². The number of halogens is 1. The molecular weight excluding hydrogens is 125 g/mol. The van der Waals surface area contributed by atoms with Gasteiger partial charge >= 0.3 is 5.97 Å². The van der Waals surface area contributed by atoms with E-state index >= 15 is 0 Å². The van der Waals surface area contributed by atoms with Gasteiger partial charge in [0.1, 0.15) is 12.2 Å². The van der Waals surface area contributed by atoms with Crippen molar-refractivity contribution in [2.45, 2.75) is 25.6 Å². The number of carboxylic acid groups (broad SMARTS) is 1. The summed E-state index contributed by atoms with van der Waals surface area (Å²) < 4.78 is 12.3. The maximum absolute atomic E-state index is 12.3. The fraction of sp³-hybridized carbons (Fsp3) is 0.800. The highest BCUT2D eigenvalue weighted by molar-refractivity contribution is 5.73. The van der Waals surface area contributed by atoms with Gasteiger partial charge in [0.05, 0.1) is 0 Å². The quantitative estimate of drug-likeness (QED) is 0.578.